The molecule has 4 bridgehead atoms. The predicted molar refractivity (Wildman–Crippen MR) is 152 cm³/mol. The maximum absolute atomic E-state index is 13.5. The molecule has 1 aromatic carbocycles. The highest BCUT2D eigenvalue weighted by atomic mass is 16.6. The monoisotopic (exact) mass is 558 g/mol. The van der Waals surface area contributed by atoms with Crippen molar-refractivity contribution in [3.05, 3.63) is 35.4 Å². The summed E-state index contributed by atoms with van der Waals surface area (Å²) in [5.41, 5.74) is 0.385. The molecule has 1 fully saturated rings. The van der Waals surface area contributed by atoms with Crippen LogP contribution in [0.4, 0.5) is 9.59 Å². The van der Waals surface area contributed by atoms with Crippen molar-refractivity contribution in [2.75, 3.05) is 52.4 Å². The van der Waals surface area contributed by atoms with E-state index < -0.39 is 23.4 Å². The standard InChI is InChI=1S/C30H46N4O6/c1-29(2,3)39-27(37)33-14-8-12-32-17-19-34(28(38)40-30(4,5)6)15-9-13-31(16-18-33)25(35)21-23-10-7-11-24(20-23)22-26(32)36/h7,10-11,20H,8-9,12-19,21-22H2,1-6H3. The summed E-state index contributed by atoms with van der Waals surface area (Å²) < 4.78 is 11.3. The average Bonchev–Trinajstić information content (AvgIpc) is 2.82. The van der Waals surface area contributed by atoms with Crippen molar-refractivity contribution in [3.63, 3.8) is 0 Å². The van der Waals surface area contributed by atoms with E-state index in [1.54, 1.807) is 19.6 Å². The van der Waals surface area contributed by atoms with Crippen LogP contribution in [0, 0.1) is 0 Å². The van der Waals surface area contributed by atoms with Gasteiger partial charge in [-0.15, -0.1) is 0 Å². The molecule has 0 atom stereocenters. The Bertz CT molecular complexity index is 982. The molecule has 222 valence electrons. The minimum Gasteiger partial charge on any atom is -0.444 e. The molecule has 4 amide bonds. The van der Waals surface area contributed by atoms with Crippen LogP contribution in [-0.2, 0) is 31.9 Å². The maximum atomic E-state index is 13.5. The van der Waals surface area contributed by atoms with Gasteiger partial charge in [-0.3, -0.25) is 9.59 Å². The van der Waals surface area contributed by atoms with E-state index >= 15 is 0 Å². The summed E-state index contributed by atoms with van der Waals surface area (Å²) in [7, 11) is 0. The molecule has 0 aromatic heterocycles. The number of ether oxygens (including phenoxy) is 2. The van der Waals surface area contributed by atoms with Crippen LogP contribution in [0.1, 0.15) is 65.5 Å². The first-order valence-corrected chi connectivity index (χ1v) is 14.3. The number of nitrogens with zero attached hydrogens (tertiary/aromatic N) is 4. The van der Waals surface area contributed by atoms with Crippen molar-refractivity contribution in [1.29, 1.82) is 0 Å². The Kier molecular flexibility index (Phi) is 10.4. The third-order valence-electron chi connectivity index (χ3n) is 6.70. The summed E-state index contributed by atoms with van der Waals surface area (Å²) in [6, 6.07) is 7.60. The number of benzene rings is 1. The lowest BCUT2D eigenvalue weighted by molar-refractivity contribution is -0.132. The van der Waals surface area contributed by atoms with E-state index in [0.29, 0.717) is 65.2 Å². The lowest BCUT2D eigenvalue weighted by Crippen LogP contribution is -2.47. The molecule has 4 rings (SSSR count). The Morgan fingerprint density at radius 3 is 1.40 bits per heavy atom. The van der Waals surface area contributed by atoms with Gasteiger partial charge < -0.3 is 29.1 Å². The number of carbonyl (C=O) groups is 4. The van der Waals surface area contributed by atoms with Gasteiger partial charge in [0, 0.05) is 52.4 Å². The molecule has 1 saturated heterocycles. The molecule has 3 aliphatic rings. The second kappa shape index (κ2) is 13.4. The molecule has 10 nitrogen and oxygen atoms in total. The zero-order valence-corrected chi connectivity index (χ0v) is 25.0. The fourth-order valence-electron chi connectivity index (χ4n) is 4.77. The largest absolute Gasteiger partial charge is 0.444 e. The fraction of sp³-hybridized carbons (Fsp3) is 0.667. The Morgan fingerprint density at radius 2 is 1.02 bits per heavy atom. The van der Waals surface area contributed by atoms with Crippen LogP contribution in [-0.4, -0.2) is 107 Å². The van der Waals surface area contributed by atoms with E-state index in [1.165, 1.54) is 0 Å². The molecule has 3 heterocycles. The van der Waals surface area contributed by atoms with Crippen molar-refractivity contribution in [2.24, 2.45) is 0 Å². The van der Waals surface area contributed by atoms with E-state index in [4.69, 9.17) is 9.47 Å². The first-order valence-electron chi connectivity index (χ1n) is 14.3. The minimum atomic E-state index is -0.651. The molecule has 3 aliphatic heterocycles. The van der Waals surface area contributed by atoms with Gasteiger partial charge in [-0.05, 0) is 65.5 Å². The van der Waals surface area contributed by atoms with Gasteiger partial charge >= 0.3 is 12.2 Å². The van der Waals surface area contributed by atoms with Crippen LogP contribution in [0.2, 0.25) is 0 Å². The van der Waals surface area contributed by atoms with Gasteiger partial charge in [0.15, 0.2) is 0 Å². The number of carbonyl (C=O) groups excluding carboxylic acids is 4. The normalized spacial score (nSPS) is 18.6. The van der Waals surface area contributed by atoms with Crippen LogP contribution in [0.3, 0.4) is 0 Å². The Morgan fingerprint density at radius 1 is 0.625 bits per heavy atom. The molecule has 0 saturated carbocycles. The minimum absolute atomic E-state index is 0.0668. The maximum Gasteiger partial charge on any atom is 0.410 e. The van der Waals surface area contributed by atoms with Crippen LogP contribution in [0.15, 0.2) is 24.3 Å². The van der Waals surface area contributed by atoms with E-state index in [-0.39, 0.29) is 24.7 Å². The van der Waals surface area contributed by atoms with Crippen LogP contribution in [0.25, 0.3) is 0 Å². The Hall–Kier alpha value is -3.30. The van der Waals surface area contributed by atoms with Crippen molar-refractivity contribution in [2.45, 2.75) is 78.4 Å². The lowest BCUT2D eigenvalue weighted by Gasteiger charge is -2.33. The summed E-state index contributed by atoms with van der Waals surface area (Å²) in [6.07, 6.45) is 0.576. The molecule has 0 N–H and O–H groups in total. The van der Waals surface area contributed by atoms with E-state index in [2.05, 4.69) is 0 Å². The van der Waals surface area contributed by atoms with Gasteiger partial charge in [-0.2, -0.15) is 0 Å². The van der Waals surface area contributed by atoms with E-state index in [0.717, 1.165) is 11.1 Å². The lowest BCUT2D eigenvalue weighted by atomic mass is 10.0. The topological polar surface area (TPSA) is 99.7 Å². The number of fused-ring (bicyclic) bond motifs is 12. The first kappa shape index (κ1) is 31.2. The van der Waals surface area contributed by atoms with E-state index in [9.17, 15) is 19.2 Å². The fourth-order valence-corrected chi connectivity index (χ4v) is 4.77. The quantitative estimate of drug-likeness (QED) is 0.481. The summed E-state index contributed by atoms with van der Waals surface area (Å²) in [4.78, 5) is 59.9. The highest BCUT2D eigenvalue weighted by Crippen LogP contribution is 2.16. The second-order valence-corrected chi connectivity index (χ2v) is 12.6. The summed E-state index contributed by atoms with van der Waals surface area (Å²) in [5, 5.41) is 0. The van der Waals surface area contributed by atoms with Gasteiger partial charge in [0.25, 0.3) is 0 Å². The smallest absolute Gasteiger partial charge is 0.410 e. The first-order chi connectivity index (χ1) is 18.7. The molecule has 0 aliphatic carbocycles. The summed E-state index contributed by atoms with van der Waals surface area (Å²) in [6.45, 7) is 13.8. The Balaban J connectivity index is 1.95. The highest BCUT2D eigenvalue weighted by molar-refractivity contribution is 5.80. The van der Waals surface area contributed by atoms with Gasteiger partial charge in [0.05, 0.1) is 12.8 Å². The third-order valence-corrected chi connectivity index (χ3v) is 6.70. The zero-order valence-electron chi connectivity index (χ0n) is 25.0. The van der Waals surface area contributed by atoms with Gasteiger partial charge in [0.1, 0.15) is 11.2 Å². The molecule has 1 aromatic rings. The molecule has 40 heavy (non-hydrogen) atoms. The average molecular weight is 559 g/mol. The number of rotatable bonds is 0. The molecule has 0 unspecified atom stereocenters. The SMILES string of the molecule is CC(C)(C)OC(=O)N1CCCN2CCN(C(=O)OC(C)(C)C)CCCN(CC1)C(=O)Cc1cccc(c1)CC2=O. The van der Waals surface area contributed by atoms with E-state index in [1.807, 2.05) is 65.8 Å². The van der Waals surface area contributed by atoms with Crippen LogP contribution >= 0.6 is 0 Å². The molecule has 10 heteroatoms. The molecular weight excluding hydrogens is 512 g/mol. The molecule has 0 spiro atoms. The number of hydrogen-bond donors (Lipinski definition) is 0. The molecular formula is C30H46N4O6. The van der Waals surface area contributed by atoms with Gasteiger partial charge in [-0.25, -0.2) is 9.59 Å². The second-order valence-electron chi connectivity index (χ2n) is 12.6. The summed E-state index contributed by atoms with van der Waals surface area (Å²) >= 11 is 0. The Labute approximate surface area is 238 Å². The highest BCUT2D eigenvalue weighted by Gasteiger charge is 2.27. The van der Waals surface area contributed by atoms with Crippen molar-refractivity contribution in [1.82, 2.24) is 19.6 Å². The zero-order chi connectivity index (χ0) is 29.5. The molecule has 0 radical (unpaired) electrons. The van der Waals surface area contributed by atoms with Gasteiger partial charge in [0.2, 0.25) is 11.8 Å². The van der Waals surface area contributed by atoms with Crippen molar-refractivity contribution >= 4 is 24.0 Å². The van der Waals surface area contributed by atoms with Crippen LogP contribution < -0.4 is 0 Å². The van der Waals surface area contributed by atoms with Gasteiger partial charge in [-0.1, -0.05) is 24.3 Å². The number of amides is 4. The summed E-state index contributed by atoms with van der Waals surface area (Å²) in [5.74, 6) is -0.134. The third kappa shape index (κ3) is 10.0. The van der Waals surface area contributed by atoms with Crippen molar-refractivity contribution < 1.29 is 28.7 Å². The van der Waals surface area contributed by atoms with Crippen LogP contribution in [0.5, 0.6) is 0 Å². The van der Waals surface area contributed by atoms with Crippen molar-refractivity contribution in [3.8, 4) is 0 Å². The predicted octanol–water partition coefficient (Wildman–Crippen LogP) is 3.71. The number of hydrogen-bond acceptors (Lipinski definition) is 6.